The molecular formula is C40H51FN12O4S. The predicted octanol–water partition coefficient (Wildman–Crippen LogP) is 5.75. The van der Waals surface area contributed by atoms with E-state index in [0.29, 0.717) is 30.3 Å². The standard InChI is InChI=1S/C24H30N8O.C15H18N4O3S.CH3F/c1-30-9-11-31(12-10-30)18-5-6-19(25-16-18)27-23-26-15-17-13-20-28-21(33)14-24(7-3-2-4-8-24)32(20)22(17)29-23;1-23(21,22)14-16-9-10-7-11-17-12(20)8-15(5-3-2-4-6-15)19(11)13(10)18-14;1-2/h5-6,13,15-16H,2-4,7-12,14H2,1H3,(H,28,33)(H,25,26,27,29);7,9H,2-6,8H2,1H3,(H,17,20);1H3/i;;1D. The number of halogens is 1. The lowest BCUT2D eigenvalue weighted by atomic mass is 9.78. The van der Waals surface area contributed by atoms with E-state index in [1.54, 1.807) is 0 Å². The molecule has 18 heteroatoms. The maximum Gasteiger partial charge on any atom is 0.248 e. The molecule has 0 bridgehead atoms. The number of hydrogen-bond acceptors (Lipinski definition) is 12. The van der Waals surface area contributed by atoms with E-state index in [9.17, 15) is 22.4 Å². The number of nitrogens with one attached hydrogen (secondary N) is 3. The first-order chi connectivity index (χ1) is 28.4. The molecule has 5 aromatic rings. The van der Waals surface area contributed by atoms with Gasteiger partial charge in [-0.05, 0) is 57.0 Å². The summed E-state index contributed by atoms with van der Waals surface area (Å²) in [6.45, 7) is 4.17. The maximum atomic E-state index is 12.5. The van der Waals surface area contributed by atoms with Crippen molar-refractivity contribution in [3.63, 3.8) is 0 Å². The molecule has 3 N–H and O–H groups in total. The Morgan fingerprint density at radius 2 is 1.29 bits per heavy atom. The van der Waals surface area contributed by atoms with Crippen molar-refractivity contribution in [3.05, 3.63) is 42.9 Å². The lowest BCUT2D eigenvalue weighted by Crippen LogP contribution is -2.44. The van der Waals surface area contributed by atoms with Crippen LogP contribution in [0.25, 0.3) is 22.1 Å². The largest absolute Gasteiger partial charge is 0.368 e. The summed E-state index contributed by atoms with van der Waals surface area (Å²) in [7, 11) is -2.32. The van der Waals surface area contributed by atoms with Crippen LogP contribution >= 0.6 is 0 Å². The van der Waals surface area contributed by atoms with Crippen molar-refractivity contribution in [2.45, 2.75) is 93.3 Å². The number of aromatic nitrogens is 7. The number of alkyl halides is 1. The molecule has 5 aromatic heterocycles. The molecule has 58 heavy (non-hydrogen) atoms. The monoisotopic (exact) mass is 815 g/mol. The smallest absolute Gasteiger partial charge is 0.248 e. The van der Waals surface area contributed by atoms with Gasteiger partial charge in [0.05, 0.1) is 44.3 Å². The second-order valence-electron chi connectivity index (χ2n) is 16.2. The molecule has 5 aliphatic rings. The minimum atomic E-state index is -3.47. The Labute approximate surface area is 338 Å². The second-order valence-corrected chi connectivity index (χ2v) is 18.2. The Balaban J connectivity index is 0.000000163. The number of fused-ring (bicyclic) bond motifs is 8. The summed E-state index contributed by atoms with van der Waals surface area (Å²) in [5.41, 5.74) is 2.14. The highest BCUT2D eigenvalue weighted by Gasteiger charge is 2.43. The van der Waals surface area contributed by atoms with Crippen molar-refractivity contribution >= 4 is 72.8 Å². The molecule has 0 radical (unpaired) electrons. The average Bonchev–Trinajstić information content (AvgIpc) is 3.77. The number of amides is 2. The normalized spacial score (nSPS) is 20.2. The van der Waals surface area contributed by atoms with Crippen LogP contribution in [-0.4, -0.2) is 106 Å². The van der Waals surface area contributed by atoms with Crippen molar-refractivity contribution in [2.24, 2.45) is 0 Å². The first kappa shape index (κ1) is 38.3. The van der Waals surface area contributed by atoms with Crippen LogP contribution in [0.3, 0.4) is 0 Å². The van der Waals surface area contributed by atoms with Gasteiger partial charge in [-0.15, -0.1) is 0 Å². The molecule has 3 aliphatic heterocycles. The first-order valence-corrected chi connectivity index (χ1v) is 21.9. The van der Waals surface area contributed by atoms with Crippen LogP contribution in [0.1, 0.15) is 78.4 Å². The number of likely N-dealkylation sites (N-methyl/N-ethyl adjacent to an activating group) is 1. The van der Waals surface area contributed by atoms with Crippen LogP contribution < -0.4 is 20.9 Å². The zero-order valence-electron chi connectivity index (χ0n) is 34.0. The fraction of sp³-hybridized carbons (Fsp3) is 0.525. The number of nitrogens with zero attached hydrogens (tertiary/aromatic N) is 9. The fourth-order valence-electron chi connectivity index (χ4n) is 9.52. The van der Waals surface area contributed by atoms with Gasteiger partial charge in [-0.3, -0.25) is 14.0 Å². The fourth-order valence-corrected chi connectivity index (χ4v) is 10.0. The van der Waals surface area contributed by atoms with E-state index < -0.39 is 17.0 Å². The summed E-state index contributed by atoms with van der Waals surface area (Å²) < 4.78 is 43.4. The number of rotatable bonds is 4. The Bertz CT molecular complexity index is 2460. The van der Waals surface area contributed by atoms with Gasteiger partial charge in [0.1, 0.15) is 28.7 Å². The SMILES string of the molecule is CN1CCN(c2ccc(Nc3ncc4cc5n(c4n3)C3(CCCCC3)CC(=O)N5)nc2)CC1.CS(=O)(=O)c1ncc2cc3n(c2n1)C1(CCCCC1)CC(=O)N3.[2H]CF. The van der Waals surface area contributed by atoms with Gasteiger partial charge in [-0.1, -0.05) is 38.5 Å². The minimum Gasteiger partial charge on any atom is -0.368 e. The molecular weight excluding hydrogens is 764 g/mol. The van der Waals surface area contributed by atoms with Crippen molar-refractivity contribution in [1.29, 1.82) is 0 Å². The van der Waals surface area contributed by atoms with Crippen LogP contribution in [0.2, 0.25) is 0 Å². The van der Waals surface area contributed by atoms with E-state index in [0.717, 1.165) is 118 Å². The molecule has 0 unspecified atom stereocenters. The molecule has 2 amide bonds. The summed E-state index contributed by atoms with van der Waals surface area (Å²) in [5.74, 6) is 2.88. The highest BCUT2D eigenvalue weighted by molar-refractivity contribution is 7.90. The summed E-state index contributed by atoms with van der Waals surface area (Å²) in [5, 5.41) is 10.7. The van der Waals surface area contributed by atoms with Crippen LogP contribution in [0.5, 0.6) is 0 Å². The predicted molar refractivity (Wildman–Crippen MR) is 221 cm³/mol. The van der Waals surface area contributed by atoms with E-state index in [1.165, 1.54) is 19.0 Å². The van der Waals surface area contributed by atoms with Gasteiger partial charge < -0.3 is 34.9 Å². The maximum absolute atomic E-state index is 12.5. The molecule has 2 spiro atoms. The van der Waals surface area contributed by atoms with Gasteiger partial charge >= 0.3 is 0 Å². The Kier molecular flexibility index (Phi) is 10.5. The van der Waals surface area contributed by atoms with E-state index in [2.05, 4.69) is 63.4 Å². The average molecular weight is 816 g/mol. The number of piperazine rings is 1. The van der Waals surface area contributed by atoms with Gasteiger partial charge in [-0.2, -0.15) is 9.97 Å². The number of pyridine rings is 1. The summed E-state index contributed by atoms with van der Waals surface area (Å²) in [6.07, 6.45) is 18.0. The molecule has 2 aliphatic carbocycles. The lowest BCUT2D eigenvalue weighted by Gasteiger charge is -2.42. The Morgan fingerprint density at radius 1 is 0.759 bits per heavy atom. The Morgan fingerprint density at radius 3 is 1.81 bits per heavy atom. The lowest BCUT2D eigenvalue weighted by molar-refractivity contribution is -0.120. The third-order valence-electron chi connectivity index (χ3n) is 12.3. The van der Waals surface area contributed by atoms with Crippen LogP contribution in [0, 0.1) is 0 Å². The van der Waals surface area contributed by atoms with Gasteiger partial charge in [0.25, 0.3) is 0 Å². The number of anilines is 5. The number of carbonyl (C=O) groups excluding carboxylic acids is 2. The molecule has 3 fully saturated rings. The highest BCUT2D eigenvalue weighted by Crippen LogP contribution is 2.46. The number of carbonyl (C=O) groups is 2. The Hall–Kier alpha value is -5.23. The van der Waals surface area contributed by atoms with E-state index in [1.807, 2.05) is 35.2 Å². The van der Waals surface area contributed by atoms with E-state index in [4.69, 9.17) is 6.35 Å². The van der Waals surface area contributed by atoms with E-state index >= 15 is 0 Å². The molecule has 0 atom stereocenters. The quantitative estimate of drug-likeness (QED) is 0.187. The highest BCUT2D eigenvalue weighted by atomic mass is 32.2. The second kappa shape index (κ2) is 15.8. The van der Waals surface area contributed by atoms with Gasteiger partial charge in [0, 0.05) is 55.6 Å². The molecule has 1 saturated heterocycles. The zero-order chi connectivity index (χ0) is 41.4. The van der Waals surface area contributed by atoms with E-state index in [-0.39, 0.29) is 28.0 Å². The molecule has 308 valence electrons. The first-order valence-electron chi connectivity index (χ1n) is 20.7. The molecule has 8 heterocycles. The molecule has 0 aromatic carbocycles. The minimum absolute atomic E-state index is 0.0125. The van der Waals surface area contributed by atoms with Crippen LogP contribution in [-0.2, 0) is 30.5 Å². The van der Waals surface area contributed by atoms with Gasteiger partial charge in [0.2, 0.25) is 32.8 Å². The zero-order valence-corrected chi connectivity index (χ0v) is 33.8. The van der Waals surface area contributed by atoms with Gasteiger partial charge in [-0.25, -0.2) is 23.4 Å². The third kappa shape index (κ3) is 7.58. The number of hydrogen-bond donors (Lipinski definition) is 3. The summed E-state index contributed by atoms with van der Waals surface area (Å²) in [4.78, 5) is 51.6. The topological polar surface area (TPSA) is 185 Å². The molecule has 2 saturated carbocycles. The summed E-state index contributed by atoms with van der Waals surface area (Å²) >= 11 is 0. The van der Waals surface area contributed by atoms with Crippen molar-refractivity contribution < 1.29 is 23.8 Å². The van der Waals surface area contributed by atoms with Crippen LogP contribution in [0.15, 0.2) is 48.0 Å². The van der Waals surface area contributed by atoms with Crippen molar-refractivity contribution in [2.75, 3.05) is 67.5 Å². The van der Waals surface area contributed by atoms with Crippen molar-refractivity contribution in [1.82, 2.24) is 39.0 Å². The molecule has 10 rings (SSSR count). The van der Waals surface area contributed by atoms with Crippen LogP contribution in [0.4, 0.5) is 33.5 Å². The van der Waals surface area contributed by atoms with Crippen molar-refractivity contribution in [3.8, 4) is 0 Å². The number of sulfone groups is 1. The molecule has 16 nitrogen and oxygen atoms in total. The summed E-state index contributed by atoms with van der Waals surface area (Å²) in [6, 6.07) is 7.91. The third-order valence-corrected chi connectivity index (χ3v) is 13.1. The van der Waals surface area contributed by atoms with Gasteiger partial charge in [0.15, 0.2) is 0 Å².